The molecule has 0 saturated heterocycles. The van der Waals surface area contributed by atoms with Gasteiger partial charge in [-0.3, -0.25) is 9.89 Å². The minimum absolute atomic E-state index is 0.0253. The van der Waals surface area contributed by atoms with E-state index in [2.05, 4.69) is 29.4 Å². The summed E-state index contributed by atoms with van der Waals surface area (Å²) >= 11 is 0. The van der Waals surface area contributed by atoms with Gasteiger partial charge >= 0.3 is 0 Å². The van der Waals surface area contributed by atoms with Crippen LogP contribution in [0.1, 0.15) is 30.6 Å². The molecule has 1 aliphatic rings. The second-order valence-corrected chi connectivity index (χ2v) is 5.98. The Morgan fingerprint density at radius 1 is 1.50 bits per heavy atom. The topological polar surface area (TPSA) is 67.0 Å². The van der Waals surface area contributed by atoms with Crippen molar-refractivity contribution < 1.29 is 9.53 Å². The summed E-state index contributed by atoms with van der Waals surface area (Å²) in [6.45, 7) is 4.24. The zero-order valence-corrected chi connectivity index (χ0v) is 11.9. The summed E-state index contributed by atoms with van der Waals surface area (Å²) in [5, 5.41) is 10.9. The number of fused-ring (bicyclic) bond motifs is 1. The van der Waals surface area contributed by atoms with Crippen LogP contribution in [0.5, 0.6) is 0 Å². The van der Waals surface area contributed by atoms with E-state index in [4.69, 9.17) is 4.74 Å². The molecule has 1 aromatic heterocycles. The van der Waals surface area contributed by atoms with Crippen molar-refractivity contribution in [2.75, 3.05) is 7.11 Å². The molecular formula is C15H19N3O2. The lowest BCUT2D eigenvalue weighted by atomic mass is 9.64. The number of rotatable bonds is 3. The molecule has 5 heteroatoms. The van der Waals surface area contributed by atoms with Crippen LogP contribution in [0.2, 0.25) is 0 Å². The van der Waals surface area contributed by atoms with Gasteiger partial charge in [-0.2, -0.15) is 5.10 Å². The highest BCUT2D eigenvalue weighted by molar-refractivity contribution is 5.97. The highest BCUT2D eigenvalue weighted by Gasteiger charge is 2.49. The molecule has 2 unspecified atom stereocenters. The third-order valence-corrected chi connectivity index (χ3v) is 4.47. The van der Waals surface area contributed by atoms with Gasteiger partial charge < -0.3 is 10.1 Å². The first kappa shape index (κ1) is 13.1. The number of hydrogen-bond acceptors (Lipinski definition) is 3. The van der Waals surface area contributed by atoms with Crippen LogP contribution in [-0.4, -0.2) is 35.4 Å². The third kappa shape index (κ3) is 1.98. The van der Waals surface area contributed by atoms with Crippen LogP contribution >= 0.6 is 0 Å². The second-order valence-electron chi connectivity index (χ2n) is 5.98. The van der Waals surface area contributed by atoms with Gasteiger partial charge in [0, 0.05) is 29.5 Å². The van der Waals surface area contributed by atoms with Crippen molar-refractivity contribution in [1.29, 1.82) is 0 Å². The number of carbonyl (C=O) groups excluding carboxylic acids is 1. The van der Waals surface area contributed by atoms with Crippen molar-refractivity contribution in [1.82, 2.24) is 15.5 Å². The fraction of sp³-hybridized carbons (Fsp3) is 0.467. The summed E-state index contributed by atoms with van der Waals surface area (Å²) in [7, 11) is 1.72. The van der Waals surface area contributed by atoms with Crippen molar-refractivity contribution in [3.05, 3.63) is 30.0 Å². The van der Waals surface area contributed by atoms with Crippen molar-refractivity contribution in [2.24, 2.45) is 5.41 Å². The molecule has 0 radical (unpaired) electrons. The van der Waals surface area contributed by atoms with E-state index in [1.54, 1.807) is 13.3 Å². The smallest absolute Gasteiger partial charge is 0.251 e. The van der Waals surface area contributed by atoms with E-state index in [9.17, 15) is 4.79 Å². The first-order chi connectivity index (χ1) is 9.52. The number of ether oxygens (including phenoxy) is 1. The fourth-order valence-corrected chi connectivity index (χ4v) is 2.85. The highest BCUT2D eigenvalue weighted by Crippen LogP contribution is 2.42. The number of benzene rings is 1. The zero-order chi connectivity index (χ0) is 14.3. The third-order valence-electron chi connectivity index (χ3n) is 4.47. The lowest BCUT2D eigenvalue weighted by Crippen LogP contribution is -2.61. The van der Waals surface area contributed by atoms with Crippen molar-refractivity contribution >= 4 is 16.8 Å². The molecule has 0 spiro atoms. The van der Waals surface area contributed by atoms with Gasteiger partial charge in [0.15, 0.2) is 0 Å². The number of hydrogen-bond donors (Lipinski definition) is 2. The molecule has 1 aromatic carbocycles. The first-order valence-corrected chi connectivity index (χ1v) is 6.79. The number of aromatic nitrogens is 2. The Morgan fingerprint density at radius 2 is 2.30 bits per heavy atom. The minimum atomic E-state index is -0.0471. The van der Waals surface area contributed by atoms with E-state index in [1.165, 1.54) is 0 Å². The average molecular weight is 273 g/mol. The number of methoxy groups -OCH3 is 1. The standard InChI is InChI=1S/C15H19N3O2/c1-15(2)12(7-13(15)20-3)17-14(19)9-4-5-10-8-16-18-11(10)6-9/h4-6,8,12-13H,7H2,1-3H3,(H,16,18)(H,17,19). The molecule has 20 heavy (non-hydrogen) atoms. The Bertz CT molecular complexity index is 647. The van der Waals surface area contributed by atoms with E-state index >= 15 is 0 Å². The van der Waals surface area contributed by atoms with Gasteiger partial charge in [0.1, 0.15) is 0 Å². The van der Waals surface area contributed by atoms with Gasteiger partial charge in [-0.1, -0.05) is 19.9 Å². The second kappa shape index (κ2) is 4.59. The Labute approximate surface area is 117 Å². The van der Waals surface area contributed by atoms with Gasteiger partial charge in [0.05, 0.1) is 17.8 Å². The molecule has 0 aliphatic heterocycles. The maximum Gasteiger partial charge on any atom is 0.251 e. The first-order valence-electron chi connectivity index (χ1n) is 6.79. The van der Waals surface area contributed by atoms with E-state index in [0.29, 0.717) is 5.56 Å². The summed E-state index contributed by atoms with van der Waals surface area (Å²) in [5.74, 6) is -0.0471. The number of aromatic amines is 1. The number of H-pyrrole nitrogens is 1. The predicted molar refractivity (Wildman–Crippen MR) is 76.5 cm³/mol. The number of nitrogens with zero attached hydrogens (tertiary/aromatic N) is 1. The molecule has 2 N–H and O–H groups in total. The molecule has 1 fully saturated rings. The van der Waals surface area contributed by atoms with Gasteiger partial charge in [0.2, 0.25) is 0 Å². The molecule has 2 aromatic rings. The van der Waals surface area contributed by atoms with Crippen molar-refractivity contribution in [3.63, 3.8) is 0 Å². The number of amides is 1. The van der Waals surface area contributed by atoms with Crippen molar-refractivity contribution in [3.8, 4) is 0 Å². The molecule has 3 rings (SSSR count). The lowest BCUT2D eigenvalue weighted by Gasteiger charge is -2.51. The van der Waals surface area contributed by atoms with Gasteiger partial charge in [-0.15, -0.1) is 0 Å². The summed E-state index contributed by atoms with van der Waals surface area (Å²) in [5.41, 5.74) is 1.50. The maximum absolute atomic E-state index is 12.3. The van der Waals surface area contributed by atoms with Crippen LogP contribution in [-0.2, 0) is 4.74 Å². The molecular weight excluding hydrogens is 254 g/mol. The summed E-state index contributed by atoms with van der Waals surface area (Å²) < 4.78 is 5.40. The zero-order valence-electron chi connectivity index (χ0n) is 11.9. The van der Waals surface area contributed by atoms with Crippen LogP contribution < -0.4 is 5.32 Å². The fourth-order valence-electron chi connectivity index (χ4n) is 2.85. The Kier molecular flexibility index (Phi) is 3.01. The van der Waals surface area contributed by atoms with Crippen LogP contribution in [0.3, 0.4) is 0 Å². The van der Waals surface area contributed by atoms with E-state index in [1.807, 2.05) is 18.2 Å². The maximum atomic E-state index is 12.3. The van der Waals surface area contributed by atoms with E-state index < -0.39 is 0 Å². The summed E-state index contributed by atoms with van der Waals surface area (Å²) in [6.07, 6.45) is 2.82. The monoisotopic (exact) mass is 273 g/mol. The van der Waals surface area contributed by atoms with Gasteiger partial charge in [0.25, 0.3) is 5.91 Å². The van der Waals surface area contributed by atoms with E-state index in [0.717, 1.165) is 17.3 Å². The predicted octanol–water partition coefficient (Wildman–Crippen LogP) is 2.11. The Hall–Kier alpha value is -1.88. The minimum Gasteiger partial charge on any atom is -0.381 e. The highest BCUT2D eigenvalue weighted by atomic mass is 16.5. The molecule has 1 aliphatic carbocycles. The SMILES string of the molecule is COC1CC(NC(=O)c2ccc3cn[nH]c3c2)C1(C)C. The van der Waals surface area contributed by atoms with Gasteiger partial charge in [-0.05, 0) is 18.6 Å². The lowest BCUT2D eigenvalue weighted by molar-refractivity contribution is -0.0942. The van der Waals surface area contributed by atoms with Gasteiger partial charge in [-0.25, -0.2) is 0 Å². The largest absolute Gasteiger partial charge is 0.381 e. The Balaban J connectivity index is 1.73. The molecule has 1 amide bonds. The molecule has 5 nitrogen and oxygen atoms in total. The summed E-state index contributed by atoms with van der Waals surface area (Å²) in [6, 6.07) is 5.71. The molecule has 2 atom stereocenters. The van der Waals surface area contributed by atoms with Crippen molar-refractivity contribution in [2.45, 2.75) is 32.4 Å². The van der Waals surface area contributed by atoms with Crippen LogP contribution in [0, 0.1) is 5.41 Å². The Morgan fingerprint density at radius 3 is 3.00 bits per heavy atom. The molecule has 0 bridgehead atoms. The average Bonchev–Trinajstić information content (AvgIpc) is 2.89. The quantitative estimate of drug-likeness (QED) is 0.900. The van der Waals surface area contributed by atoms with Crippen LogP contribution in [0.15, 0.2) is 24.4 Å². The molecule has 106 valence electrons. The normalized spacial score (nSPS) is 24.4. The number of carbonyl (C=O) groups is 1. The summed E-state index contributed by atoms with van der Waals surface area (Å²) in [4.78, 5) is 12.3. The number of nitrogens with one attached hydrogen (secondary N) is 2. The van der Waals surface area contributed by atoms with Crippen LogP contribution in [0.25, 0.3) is 10.9 Å². The molecule has 1 heterocycles. The van der Waals surface area contributed by atoms with Crippen LogP contribution in [0.4, 0.5) is 0 Å². The van der Waals surface area contributed by atoms with E-state index in [-0.39, 0.29) is 23.5 Å². The molecule has 1 saturated carbocycles.